The second-order valence-corrected chi connectivity index (χ2v) is 3.19. The van der Waals surface area contributed by atoms with Crippen LogP contribution in [0, 0.1) is 0 Å². The van der Waals surface area contributed by atoms with Crippen molar-refractivity contribution in [3.8, 4) is 0 Å². The molecule has 0 spiro atoms. The fourth-order valence-corrected chi connectivity index (χ4v) is 1.58. The van der Waals surface area contributed by atoms with Crippen LogP contribution in [0.25, 0.3) is 5.52 Å². The van der Waals surface area contributed by atoms with E-state index < -0.39 is 0 Å². The van der Waals surface area contributed by atoms with Crippen LogP contribution in [-0.4, -0.2) is 9.51 Å². The van der Waals surface area contributed by atoms with Gasteiger partial charge in [0.15, 0.2) is 0 Å². The molecule has 2 heteroatoms. The van der Waals surface area contributed by atoms with Crippen LogP contribution in [0.3, 0.4) is 0 Å². The average Bonchev–Trinajstić information content (AvgIpc) is 2.60. The predicted molar refractivity (Wildman–Crippen MR) is 52.6 cm³/mol. The number of hydrogen-bond acceptors (Lipinski definition) is 1. The number of aliphatic hydroxyl groups excluding tert-OH is 1. The van der Waals surface area contributed by atoms with Gasteiger partial charge in [-0.2, -0.15) is 0 Å². The van der Waals surface area contributed by atoms with E-state index in [1.54, 1.807) is 0 Å². The number of aromatic nitrogens is 1. The minimum atomic E-state index is -0.340. The molecule has 2 aromatic rings. The molecule has 1 atom stereocenters. The monoisotopic (exact) mass is 175 g/mol. The highest BCUT2D eigenvalue weighted by molar-refractivity contribution is 5.56. The lowest BCUT2D eigenvalue weighted by atomic mass is 10.1. The topological polar surface area (TPSA) is 24.6 Å². The van der Waals surface area contributed by atoms with E-state index in [4.69, 9.17) is 0 Å². The third-order valence-electron chi connectivity index (χ3n) is 2.35. The van der Waals surface area contributed by atoms with Crippen LogP contribution < -0.4 is 0 Å². The Balaban J connectivity index is 2.57. The van der Waals surface area contributed by atoms with Crippen molar-refractivity contribution in [3.05, 3.63) is 42.2 Å². The maximum atomic E-state index is 9.70. The Labute approximate surface area is 77.4 Å². The molecular formula is C11H13NO. The van der Waals surface area contributed by atoms with Crippen molar-refractivity contribution in [2.45, 2.75) is 19.4 Å². The zero-order valence-electron chi connectivity index (χ0n) is 7.64. The van der Waals surface area contributed by atoms with Crippen molar-refractivity contribution < 1.29 is 5.11 Å². The SMILES string of the molecule is CCC(O)c1ccn2ccccc12. The first-order valence-electron chi connectivity index (χ1n) is 4.56. The van der Waals surface area contributed by atoms with Gasteiger partial charge in [-0.25, -0.2) is 0 Å². The maximum absolute atomic E-state index is 9.70. The number of hydrogen-bond donors (Lipinski definition) is 1. The zero-order chi connectivity index (χ0) is 9.26. The zero-order valence-corrected chi connectivity index (χ0v) is 7.64. The normalized spacial score (nSPS) is 13.4. The summed E-state index contributed by atoms with van der Waals surface area (Å²) in [5.74, 6) is 0. The summed E-state index contributed by atoms with van der Waals surface area (Å²) in [5.41, 5.74) is 2.11. The molecule has 0 aliphatic rings. The summed E-state index contributed by atoms with van der Waals surface area (Å²) in [5, 5.41) is 9.70. The van der Waals surface area contributed by atoms with Crippen molar-refractivity contribution in [3.63, 3.8) is 0 Å². The van der Waals surface area contributed by atoms with E-state index in [1.165, 1.54) is 0 Å². The molecule has 2 aromatic heterocycles. The molecule has 0 radical (unpaired) electrons. The van der Waals surface area contributed by atoms with Gasteiger partial charge in [0, 0.05) is 18.0 Å². The van der Waals surface area contributed by atoms with Gasteiger partial charge < -0.3 is 9.51 Å². The first-order valence-corrected chi connectivity index (χ1v) is 4.56. The van der Waals surface area contributed by atoms with Crippen molar-refractivity contribution in [1.82, 2.24) is 4.40 Å². The molecule has 0 amide bonds. The molecule has 68 valence electrons. The number of fused-ring (bicyclic) bond motifs is 1. The molecule has 2 nitrogen and oxygen atoms in total. The van der Waals surface area contributed by atoms with Gasteiger partial charge in [-0.3, -0.25) is 0 Å². The van der Waals surface area contributed by atoms with Crippen LogP contribution in [0.15, 0.2) is 36.7 Å². The van der Waals surface area contributed by atoms with Gasteiger partial charge >= 0.3 is 0 Å². The number of aliphatic hydroxyl groups is 1. The van der Waals surface area contributed by atoms with E-state index in [0.717, 1.165) is 17.5 Å². The summed E-state index contributed by atoms with van der Waals surface area (Å²) in [6.45, 7) is 1.98. The largest absolute Gasteiger partial charge is 0.388 e. The minimum Gasteiger partial charge on any atom is -0.388 e. The number of rotatable bonds is 2. The van der Waals surface area contributed by atoms with Gasteiger partial charge in [0.2, 0.25) is 0 Å². The standard InChI is InChI=1S/C11H13NO/c1-2-11(13)9-6-8-12-7-4-3-5-10(9)12/h3-8,11,13H,2H2,1H3. The third-order valence-corrected chi connectivity index (χ3v) is 2.35. The molecular weight excluding hydrogens is 162 g/mol. The van der Waals surface area contributed by atoms with Crippen molar-refractivity contribution in [1.29, 1.82) is 0 Å². The Morgan fingerprint density at radius 1 is 1.31 bits per heavy atom. The summed E-state index contributed by atoms with van der Waals surface area (Å²) < 4.78 is 2.02. The molecule has 0 bridgehead atoms. The summed E-state index contributed by atoms with van der Waals surface area (Å²) in [6.07, 6.45) is 4.38. The lowest BCUT2D eigenvalue weighted by Crippen LogP contribution is -1.93. The molecule has 2 rings (SSSR count). The van der Waals surface area contributed by atoms with E-state index >= 15 is 0 Å². The number of pyridine rings is 1. The molecule has 0 aromatic carbocycles. The van der Waals surface area contributed by atoms with Gasteiger partial charge in [-0.05, 0) is 24.6 Å². The highest BCUT2D eigenvalue weighted by atomic mass is 16.3. The van der Waals surface area contributed by atoms with E-state index in [-0.39, 0.29) is 6.10 Å². The van der Waals surface area contributed by atoms with Gasteiger partial charge in [-0.1, -0.05) is 13.0 Å². The first-order chi connectivity index (χ1) is 6.33. The second-order valence-electron chi connectivity index (χ2n) is 3.19. The van der Waals surface area contributed by atoms with E-state index in [2.05, 4.69) is 0 Å². The Morgan fingerprint density at radius 3 is 2.92 bits per heavy atom. The molecule has 2 heterocycles. The van der Waals surface area contributed by atoms with Crippen LogP contribution in [-0.2, 0) is 0 Å². The summed E-state index contributed by atoms with van der Waals surface area (Å²) >= 11 is 0. The molecule has 0 saturated heterocycles. The predicted octanol–water partition coefficient (Wildman–Crippen LogP) is 2.38. The summed E-state index contributed by atoms with van der Waals surface area (Å²) in [7, 11) is 0. The van der Waals surface area contributed by atoms with E-state index in [9.17, 15) is 5.11 Å². The van der Waals surface area contributed by atoms with Crippen LogP contribution >= 0.6 is 0 Å². The average molecular weight is 175 g/mol. The Morgan fingerprint density at radius 2 is 2.15 bits per heavy atom. The van der Waals surface area contributed by atoms with Crippen LogP contribution in [0.2, 0.25) is 0 Å². The molecule has 0 aliphatic heterocycles. The van der Waals surface area contributed by atoms with E-state index in [1.807, 2.05) is 48.0 Å². The smallest absolute Gasteiger partial charge is 0.0808 e. The van der Waals surface area contributed by atoms with Crippen LogP contribution in [0.1, 0.15) is 25.0 Å². The Kier molecular flexibility index (Phi) is 2.07. The second kappa shape index (κ2) is 3.23. The highest BCUT2D eigenvalue weighted by Crippen LogP contribution is 2.22. The molecule has 13 heavy (non-hydrogen) atoms. The molecule has 1 unspecified atom stereocenters. The molecule has 1 N–H and O–H groups in total. The van der Waals surface area contributed by atoms with Gasteiger partial charge in [0.25, 0.3) is 0 Å². The van der Waals surface area contributed by atoms with Gasteiger partial charge in [0.1, 0.15) is 0 Å². The quantitative estimate of drug-likeness (QED) is 0.744. The first kappa shape index (κ1) is 8.32. The summed E-state index contributed by atoms with van der Waals surface area (Å²) in [4.78, 5) is 0. The lowest BCUT2D eigenvalue weighted by Gasteiger charge is -2.05. The number of nitrogens with zero attached hydrogens (tertiary/aromatic N) is 1. The van der Waals surface area contributed by atoms with Crippen molar-refractivity contribution in [2.24, 2.45) is 0 Å². The van der Waals surface area contributed by atoms with Crippen molar-refractivity contribution in [2.75, 3.05) is 0 Å². The summed E-state index contributed by atoms with van der Waals surface area (Å²) in [6, 6.07) is 7.97. The third kappa shape index (κ3) is 1.33. The highest BCUT2D eigenvalue weighted by Gasteiger charge is 2.08. The fourth-order valence-electron chi connectivity index (χ4n) is 1.58. The molecule has 0 aliphatic carbocycles. The van der Waals surface area contributed by atoms with Crippen LogP contribution in [0.4, 0.5) is 0 Å². The van der Waals surface area contributed by atoms with Crippen molar-refractivity contribution >= 4 is 5.52 Å². The maximum Gasteiger partial charge on any atom is 0.0808 e. The van der Waals surface area contributed by atoms with Gasteiger partial charge in [0.05, 0.1) is 11.6 Å². The fraction of sp³-hybridized carbons (Fsp3) is 0.273. The molecule has 0 fully saturated rings. The van der Waals surface area contributed by atoms with E-state index in [0.29, 0.717) is 0 Å². The minimum absolute atomic E-state index is 0.340. The Hall–Kier alpha value is -1.28. The van der Waals surface area contributed by atoms with Crippen LogP contribution in [0.5, 0.6) is 0 Å². The molecule has 0 saturated carbocycles. The lowest BCUT2D eigenvalue weighted by molar-refractivity contribution is 0.175. The Bertz CT molecular complexity index is 405. The van der Waals surface area contributed by atoms with Gasteiger partial charge in [-0.15, -0.1) is 0 Å².